The van der Waals surface area contributed by atoms with Gasteiger partial charge in [-0.2, -0.15) is 31.4 Å². The number of fused-ring (bicyclic) bond motifs is 1. The van der Waals surface area contributed by atoms with Crippen LogP contribution in [0, 0.1) is 0 Å². The molecule has 1 N–H and O–H groups in total. The Morgan fingerprint density at radius 2 is 1.43 bits per heavy atom. The summed E-state index contributed by atoms with van der Waals surface area (Å²) < 4.78 is 84.3. The SMILES string of the molecule is O=C1Cc2c(c(C3CCN(c4ccc(C(F)(F)F)cn4)CC3)nn2C(c2ccccc2)c2ccccc2)[C@H](C(F)(F)F)[C@@H]1O. The second kappa shape index (κ2) is 11.4. The van der Waals surface area contributed by atoms with Gasteiger partial charge in [0.15, 0.2) is 5.78 Å². The van der Waals surface area contributed by atoms with Gasteiger partial charge in [0.2, 0.25) is 0 Å². The number of aromatic nitrogens is 3. The molecule has 3 heterocycles. The molecule has 1 aliphatic heterocycles. The van der Waals surface area contributed by atoms with Gasteiger partial charge in [-0.05, 0) is 36.1 Å². The van der Waals surface area contributed by atoms with Gasteiger partial charge in [0, 0.05) is 30.8 Å². The van der Waals surface area contributed by atoms with Crippen molar-refractivity contribution in [1.29, 1.82) is 0 Å². The Morgan fingerprint density at radius 3 is 1.93 bits per heavy atom. The third-order valence-electron chi connectivity index (χ3n) is 8.49. The van der Waals surface area contributed by atoms with Crippen molar-refractivity contribution in [3.05, 3.63) is 113 Å². The van der Waals surface area contributed by atoms with Crippen molar-refractivity contribution < 1.29 is 36.2 Å². The van der Waals surface area contributed by atoms with Gasteiger partial charge in [0.1, 0.15) is 23.9 Å². The van der Waals surface area contributed by atoms with Crippen LogP contribution < -0.4 is 4.90 Å². The molecule has 1 saturated heterocycles. The van der Waals surface area contributed by atoms with Crippen molar-refractivity contribution in [2.75, 3.05) is 18.0 Å². The third kappa shape index (κ3) is 5.58. The maximum atomic E-state index is 14.6. The molecule has 4 aromatic rings. The molecule has 0 bridgehead atoms. The van der Waals surface area contributed by atoms with Gasteiger partial charge in [0.05, 0.1) is 23.4 Å². The number of ketones is 1. The van der Waals surface area contributed by atoms with Gasteiger partial charge in [-0.1, -0.05) is 60.7 Å². The Morgan fingerprint density at radius 1 is 0.841 bits per heavy atom. The summed E-state index contributed by atoms with van der Waals surface area (Å²) in [5.41, 5.74) is 0.813. The Labute approximate surface area is 249 Å². The molecule has 0 spiro atoms. The minimum Gasteiger partial charge on any atom is -0.384 e. The standard InChI is InChI=1S/C32H28F6N4O2/c33-31(34,35)22-11-12-25(39-18-22)41-15-13-19(14-16-41)28-26-23(17-24(43)30(44)27(26)32(36,37)38)42(40-28)29(20-7-3-1-4-8-20)21-9-5-2-6-10-21/h1-12,18-19,27,29-30,44H,13-17H2/t27-,30+/m0/s1. The number of pyridine rings is 1. The van der Waals surface area contributed by atoms with Crippen molar-refractivity contribution in [3.8, 4) is 0 Å². The quantitative estimate of drug-likeness (QED) is 0.262. The molecule has 2 aliphatic rings. The van der Waals surface area contributed by atoms with E-state index in [9.17, 15) is 36.2 Å². The number of carbonyl (C=O) groups excluding carboxylic acids is 1. The first-order chi connectivity index (χ1) is 20.9. The fourth-order valence-electron chi connectivity index (χ4n) is 6.36. The minimum atomic E-state index is -4.91. The molecule has 0 saturated carbocycles. The van der Waals surface area contributed by atoms with Crippen LogP contribution in [-0.2, 0) is 17.4 Å². The molecule has 6 nitrogen and oxygen atoms in total. The molecular formula is C32H28F6N4O2. The minimum absolute atomic E-state index is 0.127. The van der Waals surface area contributed by atoms with Gasteiger partial charge in [-0.25, -0.2) is 4.98 Å². The van der Waals surface area contributed by atoms with E-state index in [1.54, 1.807) is 4.90 Å². The third-order valence-corrected chi connectivity index (χ3v) is 8.49. The molecule has 0 radical (unpaired) electrons. The van der Waals surface area contributed by atoms with Crippen LogP contribution in [0.3, 0.4) is 0 Å². The summed E-state index contributed by atoms with van der Waals surface area (Å²) in [4.78, 5) is 18.6. The predicted molar refractivity (Wildman–Crippen MR) is 149 cm³/mol. The average Bonchev–Trinajstić information content (AvgIpc) is 3.35. The number of nitrogens with zero attached hydrogens (tertiary/aromatic N) is 4. The summed E-state index contributed by atoms with van der Waals surface area (Å²) in [5, 5.41) is 15.4. The number of alkyl halides is 6. The maximum absolute atomic E-state index is 14.6. The van der Waals surface area contributed by atoms with Crippen LogP contribution >= 0.6 is 0 Å². The summed E-state index contributed by atoms with van der Waals surface area (Å²) in [7, 11) is 0. The van der Waals surface area contributed by atoms with E-state index < -0.39 is 54.1 Å². The number of carbonyl (C=O) groups is 1. The first-order valence-electron chi connectivity index (χ1n) is 14.2. The lowest BCUT2D eigenvalue weighted by molar-refractivity contribution is -0.179. The predicted octanol–water partition coefficient (Wildman–Crippen LogP) is 6.45. The number of hydrogen-bond acceptors (Lipinski definition) is 5. The molecule has 1 fully saturated rings. The molecule has 0 unspecified atom stereocenters. The Kier molecular flexibility index (Phi) is 7.73. The summed E-state index contributed by atoms with van der Waals surface area (Å²) >= 11 is 0. The highest BCUT2D eigenvalue weighted by molar-refractivity contribution is 5.88. The second-order valence-corrected chi connectivity index (χ2v) is 11.2. The van der Waals surface area contributed by atoms with Gasteiger partial charge >= 0.3 is 12.4 Å². The summed E-state index contributed by atoms with van der Waals surface area (Å²) in [6.45, 7) is 0.646. The van der Waals surface area contributed by atoms with E-state index in [-0.39, 0.29) is 17.0 Å². The number of Topliss-reactive ketones (excluding diaryl/α,β-unsaturated/α-hetero) is 1. The first kappa shape index (κ1) is 29.9. The summed E-state index contributed by atoms with van der Waals surface area (Å²) in [5.74, 6) is -3.46. The van der Waals surface area contributed by atoms with Crippen molar-refractivity contribution in [2.24, 2.45) is 0 Å². The van der Waals surface area contributed by atoms with E-state index in [0.717, 1.165) is 23.4 Å². The zero-order valence-corrected chi connectivity index (χ0v) is 23.3. The van der Waals surface area contributed by atoms with Crippen molar-refractivity contribution in [2.45, 2.75) is 55.6 Å². The largest absolute Gasteiger partial charge is 0.417 e. The molecule has 6 rings (SSSR count). The average molecular weight is 615 g/mol. The number of benzene rings is 2. The molecule has 1 aliphatic carbocycles. The fraction of sp³-hybridized carbons (Fsp3) is 0.344. The fourth-order valence-corrected chi connectivity index (χ4v) is 6.36. The Bertz CT molecular complexity index is 1570. The van der Waals surface area contributed by atoms with Gasteiger partial charge in [0.25, 0.3) is 0 Å². The van der Waals surface area contributed by atoms with Crippen molar-refractivity contribution in [3.63, 3.8) is 0 Å². The summed E-state index contributed by atoms with van der Waals surface area (Å²) in [6, 6.07) is 19.9. The molecule has 12 heteroatoms. The molecule has 2 aromatic heterocycles. The second-order valence-electron chi connectivity index (χ2n) is 11.2. The lowest BCUT2D eigenvalue weighted by Gasteiger charge is -2.34. The molecule has 2 atom stereocenters. The highest BCUT2D eigenvalue weighted by Gasteiger charge is 2.54. The van der Waals surface area contributed by atoms with E-state index in [4.69, 9.17) is 5.10 Å². The molecule has 230 valence electrons. The normalized spacial score (nSPS) is 19.8. The van der Waals surface area contributed by atoms with Crippen LogP contribution in [-0.4, -0.2) is 51.0 Å². The molecule has 44 heavy (non-hydrogen) atoms. The van der Waals surface area contributed by atoms with E-state index in [1.165, 1.54) is 10.7 Å². The highest BCUT2D eigenvalue weighted by Crippen LogP contribution is 2.48. The van der Waals surface area contributed by atoms with Gasteiger partial charge in [-0.15, -0.1) is 0 Å². The number of aliphatic hydroxyl groups is 1. The lowest BCUT2D eigenvalue weighted by Crippen LogP contribution is -2.43. The van der Waals surface area contributed by atoms with Crippen LogP contribution in [0.4, 0.5) is 32.2 Å². The molecule has 2 aromatic carbocycles. The van der Waals surface area contributed by atoms with E-state index in [0.29, 0.717) is 31.7 Å². The Balaban J connectivity index is 1.42. The number of halogens is 6. The van der Waals surface area contributed by atoms with Gasteiger partial charge < -0.3 is 10.0 Å². The van der Waals surface area contributed by atoms with Crippen LogP contribution in [0.5, 0.6) is 0 Å². The number of hydrogen-bond donors (Lipinski definition) is 1. The monoisotopic (exact) mass is 614 g/mol. The number of rotatable bonds is 5. The molecule has 0 amide bonds. The maximum Gasteiger partial charge on any atom is 0.417 e. The van der Waals surface area contributed by atoms with Crippen LogP contribution in [0.25, 0.3) is 0 Å². The zero-order valence-electron chi connectivity index (χ0n) is 23.3. The smallest absolute Gasteiger partial charge is 0.384 e. The number of aliphatic hydroxyl groups excluding tert-OH is 1. The highest BCUT2D eigenvalue weighted by atomic mass is 19.4. The number of piperidine rings is 1. The number of anilines is 1. The lowest BCUT2D eigenvalue weighted by atomic mass is 9.78. The van der Waals surface area contributed by atoms with Crippen LogP contribution in [0.2, 0.25) is 0 Å². The van der Waals surface area contributed by atoms with Crippen LogP contribution in [0.15, 0.2) is 79.0 Å². The van der Waals surface area contributed by atoms with Gasteiger partial charge in [-0.3, -0.25) is 9.48 Å². The van der Waals surface area contributed by atoms with Crippen molar-refractivity contribution in [1.82, 2.24) is 14.8 Å². The molecular weight excluding hydrogens is 586 g/mol. The van der Waals surface area contributed by atoms with Crippen LogP contribution in [0.1, 0.15) is 64.4 Å². The van der Waals surface area contributed by atoms with E-state index >= 15 is 0 Å². The first-order valence-corrected chi connectivity index (χ1v) is 14.2. The van der Waals surface area contributed by atoms with Crippen molar-refractivity contribution >= 4 is 11.6 Å². The summed E-state index contributed by atoms with van der Waals surface area (Å²) in [6.07, 6.45) is -10.6. The topological polar surface area (TPSA) is 71.2 Å². The Hall–Kier alpha value is -4.19. The van der Waals surface area contributed by atoms with E-state index in [1.807, 2.05) is 60.7 Å². The van der Waals surface area contributed by atoms with E-state index in [2.05, 4.69) is 4.98 Å². The zero-order chi connectivity index (χ0) is 31.2.